The summed E-state index contributed by atoms with van der Waals surface area (Å²) in [7, 11) is 0. The molecule has 0 bridgehead atoms. The van der Waals surface area contributed by atoms with Gasteiger partial charge in [0.2, 0.25) is 23.8 Å². The summed E-state index contributed by atoms with van der Waals surface area (Å²) >= 11 is 0. The van der Waals surface area contributed by atoms with Crippen molar-refractivity contribution in [1.29, 1.82) is 0 Å². The number of phenols is 4. The van der Waals surface area contributed by atoms with E-state index in [1.807, 2.05) is 0 Å². The van der Waals surface area contributed by atoms with Crippen molar-refractivity contribution in [3.05, 3.63) is 76.5 Å². The third-order valence-corrected chi connectivity index (χ3v) is 12.9. The molecule has 14 N–H and O–H groups in total. The van der Waals surface area contributed by atoms with Crippen molar-refractivity contribution in [1.82, 2.24) is 0 Å². The summed E-state index contributed by atoms with van der Waals surface area (Å²) in [6, 6.07) is 10.9. The lowest BCUT2D eigenvalue weighted by molar-refractivity contribution is -0.360. The molecule has 4 saturated heterocycles. The number of ether oxygens (including phenoxy) is 9. The molecule has 20 atom stereocenters. The van der Waals surface area contributed by atoms with Crippen LogP contribution in [0.4, 0.5) is 0 Å². The minimum absolute atomic E-state index is 0.0133. The van der Waals surface area contributed by atoms with Crippen LogP contribution in [0.2, 0.25) is 0 Å². The van der Waals surface area contributed by atoms with Gasteiger partial charge in [-0.3, -0.25) is 4.79 Å². The number of fused-ring (bicyclic) bond motifs is 1. The number of phenolic OH excluding ortho intramolecular Hbond substituents is 4. The van der Waals surface area contributed by atoms with Crippen LogP contribution >= 0.6 is 0 Å². The van der Waals surface area contributed by atoms with Gasteiger partial charge in [-0.25, -0.2) is 4.79 Å². The summed E-state index contributed by atoms with van der Waals surface area (Å²) < 4.78 is 58.0. The van der Waals surface area contributed by atoms with Crippen LogP contribution in [0.5, 0.6) is 34.5 Å². The Hall–Kier alpha value is -5.76. The molecule has 0 saturated carbocycles. The van der Waals surface area contributed by atoms with Crippen LogP contribution in [0.1, 0.15) is 26.3 Å². The van der Waals surface area contributed by atoms with E-state index in [0.29, 0.717) is 5.56 Å². The van der Waals surface area contributed by atoms with Gasteiger partial charge in [0, 0.05) is 23.8 Å². The maximum Gasteiger partial charge on any atom is 0.331 e. The fourth-order valence-electron chi connectivity index (χ4n) is 8.63. The monoisotopic (exact) mass is 1050 g/mol. The van der Waals surface area contributed by atoms with Crippen LogP contribution in [0, 0.1) is 0 Å². The highest BCUT2D eigenvalue weighted by molar-refractivity contribution is 5.89. The second-order valence-corrected chi connectivity index (χ2v) is 18.2. The van der Waals surface area contributed by atoms with Gasteiger partial charge in [0.05, 0.1) is 24.9 Å². The Balaban J connectivity index is 1.13. The molecule has 26 nitrogen and oxygen atoms in total. The Bertz CT molecular complexity index is 2700. The van der Waals surface area contributed by atoms with Gasteiger partial charge < -0.3 is 119 Å². The molecule has 0 unspecified atom stereocenters. The Morgan fingerprint density at radius 3 is 1.85 bits per heavy atom. The first kappa shape index (κ1) is 54.5. The molecule has 5 heterocycles. The van der Waals surface area contributed by atoms with Crippen LogP contribution in [0.25, 0.3) is 28.4 Å². The van der Waals surface area contributed by atoms with Crippen molar-refractivity contribution in [3.63, 3.8) is 0 Å². The molecule has 4 aliphatic rings. The Morgan fingerprint density at radius 1 is 0.581 bits per heavy atom. The highest BCUT2D eigenvalue weighted by atomic mass is 16.8. The average molecular weight is 1050 g/mol. The molecule has 0 amide bonds. The van der Waals surface area contributed by atoms with E-state index in [9.17, 15) is 81.1 Å². The van der Waals surface area contributed by atoms with Gasteiger partial charge in [-0.1, -0.05) is 12.1 Å². The van der Waals surface area contributed by atoms with Crippen molar-refractivity contribution in [3.8, 4) is 45.8 Å². The number of esters is 1. The number of aromatic hydroxyl groups is 4. The maximum absolute atomic E-state index is 14.7. The maximum atomic E-state index is 14.7. The summed E-state index contributed by atoms with van der Waals surface area (Å²) in [5, 5.41) is 149. The first-order valence-corrected chi connectivity index (χ1v) is 23.1. The molecular formula is C48H56O26. The summed E-state index contributed by atoms with van der Waals surface area (Å²) in [4.78, 5) is 27.6. The zero-order valence-corrected chi connectivity index (χ0v) is 39.3. The van der Waals surface area contributed by atoms with E-state index in [2.05, 4.69) is 0 Å². The van der Waals surface area contributed by atoms with Crippen LogP contribution in [0.3, 0.4) is 0 Å². The Morgan fingerprint density at radius 2 is 1.19 bits per heavy atom. The normalized spacial score (nSPS) is 36.7. The number of hydrogen-bond donors (Lipinski definition) is 14. The lowest BCUT2D eigenvalue weighted by Gasteiger charge is -2.46. The SMILES string of the molecule is C[C@@H]1O[C@@H](OC[C@H]2O[C@@H](Oc3c(-c4ccc(O)c(O)c4)oc4cc(O[C@@H]5O[C@@H](C)[C@H](O)[C@@H](O)[C@H]5O)cc(O)c4c3=O)[C@H](O[C@@H]3O[C@@H](C)[C@H](OC(=O)/C=C/c4ccc(O)cc4)[C@@H](O)[C@H]3O)[C@@H](O)[C@@H]2O)[C@H](O)[C@H](O)[C@H]1O. The van der Waals surface area contributed by atoms with Gasteiger partial charge in [0.25, 0.3) is 0 Å². The van der Waals surface area contributed by atoms with Gasteiger partial charge in [0.15, 0.2) is 42.0 Å². The number of aliphatic hydroxyl groups excluding tert-OH is 10. The smallest absolute Gasteiger partial charge is 0.331 e. The molecular weight excluding hydrogens is 993 g/mol. The standard InChI is InChI=1S/C48H56O26/c1-16-30(54)34(58)38(62)45(66-16)65-15-27-32(56)36(60)44(74-47-40(64)37(61)41(18(3)68-47)72-28(53)11-6-19-4-8-21(49)9-5-19)48(71-27)73-43-33(57)29-25(52)13-22(69-46-39(63)35(59)31(55)17(2)67-46)14-26(29)70-42(43)20-7-10-23(50)24(51)12-20/h4-14,16-18,27,30-32,34-41,44-52,54-56,58-64H,15H2,1-3H3/b11-6+/t16-,17-,18-,27+,30-,31-,32+,34+,35+,36-,37-,38+,39+,40+,41-,44+,45+,46-,47-,48-/m0/s1. The topological polar surface area (TPSA) is 414 Å². The van der Waals surface area contributed by atoms with Crippen LogP contribution in [0.15, 0.2) is 69.9 Å². The van der Waals surface area contributed by atoms with Gasteiger partial charge in [-0.05, 0) is 62.7 Å². The number of carbonyl (C=O) groups excluding carboxylic acids is 1. The molecule has 8 rings (SSSR count). The molecule has 74 heavy (non-hydrogen) atoms. The minimum Gasteiger partial charge on any atom is -0.508 e. The van der Waals surface area contributed by atoms with Crippen molar-refractivity contribution < 1.29 is 123 Å². The zero-order valence-electron chi connectivity index (χ0n) is 39.3. The number of aliphatic hydroxyl groups is 10. The number of rotatable bonds is 13. The van der Waals surface area contributed by atoms with E-state index >= 15 is 0 Å². The lowest BCUT2D eigenvalue weighted by atomic mass is 9.97. The van der Waals surface area contributed by atoms with Gasteiger partial charge in [-0.15, -0.1) is 0 Å². The third-order valence-electron chi connectivity index (χ3n) is 12.9. The molecule has 1 aromatic heterocycles. The fraction of sp³-hybridized carbons (Fsp3) is 0.500. The van der Waals surface area contributed by atoms with Gasteiger partial charge >= 0.3 is 5.97 Å². The fourth-order valence-corrected chi connectivity index (χ4v) is 8.63. The predicted octanol–water partition coefficient (Wildman–Crippen LogP) is -2.36. The molecule has 0 radical (unpaired) electrons. The Labute approximate surface area is 418 Å². The molecule has 4 aromatic rings. The minimum atomic E-state index is -2.17. The van der Waals surface area contributed by atoms with E-state index in [1.54, 1.807) is 0 Å². The number of hydrogen-bond acceptors (Lipinski definition) is 26. The predicted molar refractivity (Wildman–Crippen MR) is 244 cm³/mol. The second-order valence-electron chi connectivity index (χ2n) is 18.2. The number of benzene rings is 3. The summed E-state index contributed by atoms with van der Waals surface area (Å²) in [5.74, 6) is -4.91. The number of carbonyl (C=O) groups is 1. The van der Waals surface area contributed by atoms with E-state index < -0.39 is 181 Å². The third kappa shape index (κ3) is 11.1. The molecule has 0 spiro atoms. The zero-order chi connectivity index (χ0) is 53.6. The van der Waals surface area contributed by atoms with Crippen molar-refractivity contribution in [2.45, 2.75) is 144 Å². The molecule has 4 fully saturated rings. The van der Waals surface area contributed by atoms with E-state index in [4.69, 9.17) is 47.0 Å². The molecule has 4 aliphatic heterocycles. The highest BCUT2D eigenvalue weighted by Gasteiger charge is 2.53. The van der Waals surface area contributed by atoms with E-state index in [-0.39, 0.29) is 17.1 Å². The van der Waals surface area contributed by atoms with Crippen LogP contribution in [-0.4, -0.2) is 207 Å². The summed E-state index contributed by atoms with van der Waals surface area (Å²) in [6.45, 7) is 3.33. The average Bonchev–Trinajstić information content (AvgIpc) is 3.36. The Kier molecular flexibility index (Phi) is 16.4. The largest absolute Gasteiger partial charge is 0.508 e. The molecule has 0 aliphatic carbocycles. The van der Waals surface area contributed by atoms with Crippen LogP contribution < -0.4 is 14.9 Å². The molecule has 404 valence electrons. The van der Waals surface area contributed by atoms with Crippen molar-refractivity contribution >= 4 is 23.0 Å². The summed E-state index contributed by atoms with van der Waals surface area (Å²) in [5.41, 5.74) is -1.33. The van der Waals surface area contributed by atoms with Crippen molar-refractivity contribution in [2.75, 3.05) is 6.61 Å². The lowest BCUT2D eigenvalue weighted by Crippen LogP contribution is -2.65. The molecule has 3 aromatic carbocycles. The van der Waals surface area contributed by atoms with Gasteiger partial charge in [-0.2, -0.15) is 0 Å². The van der Waals surface area contributed by atoms with Crippen molar-refractivity contribution in [2.24, 2.45) is 0 Å². The van der Waals surface area contributed by atoms with E-state index in [1.165, 1.54) is 57.2 Å². The first-order chi connectivity index (χ1) is 35.0. The van der Waals surface area contributed by atoms with Gasteiger partial charge in [0.1, 0.15) is 95.4 Å². The van der Waals surface area contributed by atoms with E-state index in [0.717, 1.165) is 30.3 Å². The van der Waals surface area contributed by atoms with Crippen LogP contribution in [-0.2, 0) is 38.0 Å². The summed E-state index contributed by atoms with van der Waals surface area (Å²) in [6.07, 6.45) is -32.0. The highest BCUT2D eigenvalue weighted by Crippen LogP contribution is 2.41. The first-order valence-electron chi connectivity index (χ1n) is 23.1. The molecule has 26 heteroatoms. The second kappa shape index (κ2) is 22.2. The quantitative estimate of drug-likeness (QED) is 0.0378.